The molecule has 2 aromatic carbocycles. The molecule has 0 aromatic heterocycles. The van der Waals surface area contributed by atoms with Crippen LogP contribution in [0, 0.1) is 11.6 Å². The zero-order valence-corrected chi connectivity index (χ0v) is 10.9. The molecule has 100 valence electrons. The SMILES string of the molecule is COc1cc(Cl)ccc1C(N)c1c(F)cccc1F. The lowest BCUT2D eigenvalue weighted by molar-refractivity contribution is 0.406. The number of hydrogen-bond donors (Lipinski definition) is 1. The standard InChI is InChI=1S/C14H12ClF2NO/c1-19-12-7-8(15)5-6-9(12)14(18)13-10(16)3-2-4-11(13)17/h2-7,14H,18H2,1H3. The number of benzene rings is 2. The summed E-state index contributed by atoms with van der Waals surface area (Å²) >= 11 is 5.84. The van der Waals surface area contributed by atoms with Crippen LogP contribution in [0.5, 0.6) is 5.75 Å². The molecule has 2 aromatic rings. The fourth-order valence-electron chi connectivity index (χ4n) is 1.91. The van der Waals surface area contributed by atoms with E-state index in [0.29, 0.717) is 16.3 Å². The molecule has 1 atom stereocenters. The highest BCUT2D eigenvalue weighted by Gasteiger charge is 2.21. The third-order valence-corrected chi connectivity index (χ3v) is 3.08. The second kappa shape index (κ2) is 5.55. The smallest absolute Gasteiger partial charge is 0.131 e. The van der Waals surface area contributed by atoms with E-state index in [1.807, 2.05) is 0 Å². The summed E-state index contributed by atoms with van der Waals surface area (Å²) in [7, 11) is 1.44. The quantitative estimate of drug-likeness (QED) is 0.933. The van der Waals surface area contributed by atoms with Gasteiger partial charge < -0.3 is 10.5 Å². The molecular weight excluding hydrogens is 272 g/mol. The minimum absolute atomic E-state index is 0.192. The van der Waals surface area contributed by atoms with Crippen LogP contribution < -0.4 is 10.5 Å². The van der Waals surface area contributed by atoms with E-state index in [1.54, 1.807) is 18.2 Å². The van der Waals surface area contributed by atoms with E-state index in [1.165, 1.54) is 25.3 Å². The van der Waals surface area contributed by atoms with Gasteiger partial charge in [-0.15, -0.1) is 0 Å². The Morgan fingerprint density at radius 3 is 2.37 bits per heavy atom. The van der Waals surface area contributed by atoms with E-state index in [0.717, 1.165) is 0 Å². The van der Waals surface area contributed by atoms with Gasteiger partial charge in [-0.1, -0.05) is 23.7 Å². The van der Waals surface area contributed by atoms with Crippen LogP contribution in [0.15, 0.2) is 36.4 Å². The van der Waals surface area contributed by atoms with E-state index >= 15 is 0 Å². The molecule has 0 saturated carbocycles. The maximum absolute atomic E-state index is 13.7. The lowest BCUT2D eigenvalue weighted by Gasteiger charge is -2.17. The summed E-state index contributed by atoms with van der Waals surface area (Å²) in [6.45, 7) is 0. The van der Waals surface area contributed by atoms with Crippen molar-refractivity contribution in [2.45, 2.75) is 6.04 Å². The van der Waals surface area contributed by atoms with E-state index in [9.17, 15) is 8.78 Å². The maximum atomic E-state index is 13.7. The number of ether oxygens (including phenoxy) is 1. The molecule has 0 fully saturated rings. The Morgan fingerprint density at radius 1 is 1.16 bits per heavy atom. The van der Waals surface area contributed by atoms with Crippen LogP contribution in [0.2, 0.25) is 5.02 Å². The first kappa shape index (κ1) is 13.8. The Balaban J connectivity index is 2.53. The minimum atomic E-state index is -0.964. The molecule has 0 aliphatic heterocycles. The summed E-state index contributed by atoms with van der Waals surface area (Å²) < 4.78 is 32.6. The van der Waals surface area contributed by atoms with Gasteiger partial charge in [-0.2, -0.15) is 0 Å². The normalized spacial score (nSPS) is 12.3. The topological polar surface area (TPSA) is 35.2 Å². The molecule has 0 saturated heterocycles. The highest BCUT2D eigenvalue weighted by Crippen LogP contribution is 2.32. The van der Waals surface area contributed by atoms with Gasteiger partial charge in [0.25, 0.3) is 0 Å². The molecule has 2 N–H and O–H groups in total. The molecule has 0 radical (unpaired) electrons. The minimum Gasteiger partial charge on any atom is -0.496 e. The molecule has 0 spiro atoms. The number of nitrogens with two attached hydrogens (primary N) is 1. The van der Waals surface area contributed by atoms with Crippen molar-refractivity contribution in [2.24, 2.45) is 5.73 Å². The van der Waals surface area contributed by atoms with Gasteiger partial charge in [0.05, 0.1) is 13.2 Å². The van der Waals surface area contributed by atoms with Crippen molar-refractivity contribution in [1.82, 2.24) is 0 Å². The average molecular weight is 284 g/mol. The second-order valence-corrected chi connectivity index (χ2v) is 4.44. The Hall–Kier alpha value is -1.65. The fraction of sp³-hybridized carbons (Fsp3) is 0.143. The van der Waals surface area contributed by atoms with E-state index in [-0.39, 0.29) is 5.56 Å². The van der Waals surface area contributed by atoms with Gasteiger partial charge >= 0.3 is 0 Å². The summed E-state index contributed by atoms with van der Waals surface area (Å²) in [5.41, 5.74) is 6.22. The summed E-state index contributed by atoms with van der Waals surface area (Å²) in [6.07, 6.45) is 0. The van der Waals surface area contributed by atoms with Crippen molar-refractivity contribution in [3.8, 4) is 5.75 Å². The molecule has 19 heavy (non-hydrogen) atoms. The van der Waals surface area contributed by atoms with Crippen molar-refractivity contribution in [2.75, 3.05) is 7.11 Å². The van der Waals surface area contributed by atoms with Gasteiger partial charge in [0.15, 0.2) is 0 Å². The Kier molecular flexibility index (Phi) is 4.02. The van der Waals surface area contributed by atoms with Crippen molar-refractivity contribution in [3.05, 3.63) is 64.2 Å². The monoisotopic (exact) mass is 283 g/mol. The first-order valence-corrected chi connectivity index (χ1v) is 5.95. The molecule has 5 heteroatoms. The van der Waals surface area contributed by atoms with E-state index in [4.69, 9.17) is 22.1 Å². The Morgan fingerprint density at radius 2 is 1.79 bits per heavy atom. The van der Waals surface area contributed by atoms with Crippen molar-refractivity contribution < 1.29 is 13.5 Å². The maximum Gasteiger partial charge on any atom is 0.131 e. The van der Waals surface area contributed by atoms with Crippen LogP contribution in [-0.2, 0) is 0 Å². The van der Waals surface area contributed by atoms with Crippen molar-refractivity contribution in [1.29, 1.82) is 0 Å². The fourth-order valence-corrected chi connectivity index (χ4v) is 2.07. The lowest BCUT2D eigenvalue weighted by Crippen LogP contribution is -2.16. The van der Waals surface area contributed by atoms with Gasteiger partial charge in [0, 0.05) is 16.1 Å². The number of halogens is 3. The van der Waals surface area contributed by atoms with E-state index in [2.05, 4.69) is 0 Å². The predicted octanol–water partition coefficient (Wildman–Crippen LogP) is 3.67. The number of rotatable bonds is 3. The van der Waals surface area contributed by atoms with Crippen LogP contribution in [0.25, 0.3) is 0 Å². The molecule has 2 rings (SSSR count). The molecule has 0 amide bonds. The highest BCUT2D eigenvalue weighted by atomic mass is 35.5. The molecule has 0 bridgehead atoms. The molecule has 2 nitrogen and oxygen atoms in total. The molecule has 0 heterocycles. The highest BCUT2D eigenvalue weighted by molar-refractivity contribution is 6.30. The molecule has 0 aliphatic carbocycles. The van der Waals surface area contributed by atoms with Crippen LogP contribution in [0.4, 0.5) is 8.78 Å². The summed E-state index contributed by atoms with van der Waals surface area (Å²) in [6, 6.07) is 7.40. The zero-order valence-electron chi connectivity index (χ0n) is 10.2. The number of methoxy groups -OCH3 is 1. The zero-order chi connectivity index (χ0) is 14.0. The van der Waals surface area contributed by atoms with E-state index < -0.39 is 17.7 Å². The van der Waals surface area contributed by atoms with Gasteiger partial charge in [0.1, 0.15) is 17.4 Å². The van der Waals surface area contributed by atoms with Gasteiger partial charge in [-0.05, 0) is 24.3 Å². The second-order valence-electron chi connectivity index (χ2n) is 4.00. The first-order valence-electron chi connectivity index (χ1n) is 5.57. The molecular formula is C14H12ClF2NO. The van der Waals surface area contributed by atoms with Gasteiger partial charge in [-0.3, -0.25) is 0 Å². The average Bonchev–Trinajstić information content (AvgIpc) is 2.38. The third kappa shape index (κ3) is 2.69. The van der Waals surface area contributed by atoms with Crippen LogP contribution >= 0.6 is 11.6 Å². The van der Waals surface area contributed by atoms with Gasteiger partial charge in [0.2, 0.25) is 0 Å². The van der Waals surface area contributed by atoms with Crippen LogP contribution in [0.1, 0.15) is 17.2 Å². The van der Waals surface area contributed by atoms with Crippen LogP contribution in [-0.4, -0.2) is 7.11 Å². The molecule has 0 aliphatic rings. The Bertz CT molecular complexity index is 584. The van der Waals surface area contributed by atoms with Crippen molar-refractivity contribution >= 4 is 11.6 Å². The summed E-state index contributed by atoms with van der Waals surface area (Å²) in [5, 5.41) is 0.460. The van der Waals surface area contributed by atoms with Crippen LogP contribution in [0.3, 0.4) is 0 Å². The largest absolute Gasteiger partial charge is 0.496 e. The predicted molar refractivity (Wildman–Crippen MR) is 70.4 cm³/mol. The third-order valence-electron chi connectivity index (χ3n) is 2.84. The lowest BCUT2D eigenvalue weighted by atomic mass is 9.97. The molecule has 1 unspecified atom stereocenters. The summed E-state index contributed by atoms with van der Waals surface area (Å²) in [4.78, 5) is 0. The van der Waals surface area contributed by atoms with Crippen molar-refractivity contribution in [3.63, 3.8) is 0 Å². The summed E-state index contributed by atoms with van der Waals surface area (Å²) in [5.74, 6) is -0.989. The number of hydrogen-bond acceptors (Lipinski definition) is 2. The first-order chi connectivity index (χ1) is 9.04. The Labute approximate surface area is 114 Å². The van der Waals surface area contributed by atoms with Gasteiger partial charge in [-0.25, -0.2) is 8.78 Å².